The topological polar surface area (TPSA) is 87.0 Å². The van der Waals surface area contributed by atoms with Gasteiger partial charge in [0.05, 0.1) is 33.2 Å². The molecule has 1 amide bonds. The predicted octanol–water partition coefficient (Wildman–Crippen LogP) is 3.97. The van der Waals surface area contributed by atoms with E-state index in [2.05, 4.69) is 15.4 Å². The van der Waals surface area contributed by atoms with E-state index in [0.717, 1.165) is 12.3 Å². The average molecular weight is 452 g/mol. The number of aromatic nitrogens is 3. The Bertz CT molecular complexity index is 1140. The van der Waals surface area contributed by atoms with Gasteiger partial charge in [0.25, 0.3) is 5.91 Å². The summed E-state index contributed by atoms with van der Waals surface area (Å²) in [7, 11) is 4.20. The van der Waals surface area contributed by atoms with Gasteiger partial charge in [0, 0.05) is 11.1 Å². The van der Waals surface area contributed by atoms with E-state index in [0.29, 0.717) is 4.52 Å². The highest BCUT2D eigenvalue weighted by molar-refractivity contribution is 6.00. The maximum atomic E-state index is 13.8. The molecule has 0 aliphatic heterocycles. The summed E-state index contributed by atoms with van der Waals surface area (Å²) in [5.74, 6) is 0.188. The smallest absolute Gasteiger partial charge is 0.433 e. The van der Waals surface area contributed by atoms with Crippen LogP contribution in [0.5, 0.6) is 17.2 Å². The molecule has 1 N–H and O–H groups in total. The van der Waals surface area contributed by atoms with Crippen molar-refractivity contribution in [3.63, 3.8) is 0 Å². The van der Waals surface area contributed by atoms with Gasteiger partial charge < -0.3 is 19.5 Å². The molecular weight excluding hydrogens is 429 g/mol. The maximum absolute atomic E-state index is 13.8. The number of hydrogen-bond donors (Lipinski definition) is 1. The molecule has 0 aliphatic rings. The van der Waals surface area contributed by atoms with E-state index in [9.17, 15) is 18.0 Å². The standard InChI is InChI=1S/C21H23F3N4O4/c1-20(2,3)27-19(29)12-10-25-28-16(21(22,23)24)9-13(26-18(12)28)11-7-14(30-4)17(32-6)15(8-11)31-5/h7-10H,1-6H3,(H,27,29). The summed E-state index contributed by atoms with van der Waals surface area (Å²) in [6.45, 7) is 5.27. The van der Waals surface area contributed by atoms with Gasteiger partial charge in [-0.1, -0.05) is 0 Å². The molecule has 172 valence electrons. The van der Waals surface area contributed by atoms with Crippen LogP contribution in [0, 0.1) is 0 Å². The summed E-state index contributed by atoms with van der Waals surface area (Å²) in [4.78, 5) is 17.0. The van der Waals surface area contributed by atoms with Crippen molar-refractivity contribution in [3.8, 4) is 28.5 Å². The van der Waals surface area contributed by atoms with Crippen molar-refractivity contribution in [2.24, 2.45) is 0 Å². The Morgan fingerprint density at radius 1 is 1.00 bits per heavy atom. The lowest BCUT2D eigenvalue weighted by Gasteiger charge is -2.20. The summed E-state index contributed by atoms with van der Waals surface area (Å²) in [6, 6.07) is 3.81. The average Bonchev–Trinajstić information content (AvgIpc) is 3.13. The van der Waals surface area contributed by atoms with Gasteiger partial charge in [-0.3, -0.25) is 4.79 Å². The van der Waals surface area contributed by atoms with Crippen LogP contribution in [-0.2, 0) is 6.18 Å². The van der Waals surface area contributed by atoms with Crippen LogP contribution in [-0.4, -0.2) is 47.4 Å². The third-order valence-corrected chi connectivity index (χ3v) is 4.46. The molecule has 32 heavy (non-hydrogen) atoms. The van der Waals surface area contributed by atoms with Crippen LogP contribution >= 0.6 is 0 Å². The number of nitrogens with one attached hydrogen (secondary N) is 1. The van der Waals surface area contributed by atoms with Crippen LogP contribution < -0.4 is 19.5 Å². The van der Waals surface area contributed by atoms with E-state index in [1.54, 1.807) is 20.8 Å². The first-order valence-corrected chi connectivity index (χ1v) is 9.48. The molecule has 3 rings (SSSR count). The van der Waals surface area contributed by atoms with Crippen molar-refractivity contribution in [1.82, 2.24) is 19.9 Å². The second-order valence-electron chi connectivity index (χ2n) is 7.94. The maximum Gasteiger partial charge on any atom is 0.433 e. The molecule has 0 bridgehead atoms. The van der Waals surface area contributed by atoms with Gasteiger partial charge in [-0.25, -0.2) is 9.50 Å². The van der Waals surface area contributed by atoms with Gasteiger partial charge in [-0.2, -0.15) is 18.3 Å². The molecule has 8 nitrogen and oxygen atoms in total. The van der Waals surface area contributed by atoms with Gasteiger partial charge >= 0.3 is 6.18 Å². The van der Waals surface area contributed by atoms with E-state index < -0.39 is 23.3 Å². The Balaban J connectivity index is 2.29. The second-order valence-corrected chi connectivity index (χ2v) is 7.94. The van der Waals surface area contributed by atoms with Crippen molar-refractivity contribution in [3.05, 3.63) is 35.7 Å². The van der Waals surface area contributed by atoms with Gasteiger partial charge in [0.1, 0.15) is 5.56 Å². The molecule has 0 saturated heterocycles. The van der Waals surface area contributed by atoms with Crippen LogP contribution in [0.1, 0.15) is 36.8 Å². The number of rotatable bonds is 5. The lowest BCUT2D eigenvalue weighted by molar-refractivity contribution is -0.142. The highest BCUT2D eigenvalue weighted by Crippen LogP contribution is 2.42. The Labute approximate surface area is 182 Å². The van der Waals surface area contributed by atoms with Crippen molar-refractivity contribution in [2.45, 2.75) is 32.5 Å². The molecule has 3 aromatic rings. The number of carbonyl (C=O) groups is 1. The molecule has 2 heterocycles. The first kappa shape index (κ1) is 23.2. The molecule has 0 spiro atoms. The number of nitrogens with zero attached hydrogens (tertiary/aromatic N) is 3. The summed E-state index contributed by atoms with van der Waals surface area (Å²) in [5, 5.41) is 6.48. The van der Waals surface area contributed by atoms with Crippen molar-refractivity contribution in [1.29, 1.82) is 0 Å². The summed E-state index contributed by atoms with van der Waals surface area (Å²) in [6.07, 6.45) is -3.68. The highest BCUT2D eigenvalue weighted by Gasteiger charge is 2.36. The number of carbonyl (C=O) groups excluding carboxylic acids is 1. The number of benzene rings is 1. The number of amides is 1. The van der Waals surface area contributed by atoms with Crippen LogP contribution in [0.3, 0.4) is 0 Å². The molecule has 0 saturated carbocycles. The van der Waals surface area contributed by atoms with E-state index in [1.807, 2.05) is 0 Å². The van der Waals surface area contributed by atoms with Crippen molar-refractivity contribution in [2.75, 3.05) is 21.3 Å². The van der Waals surface area contributed by atoms with Crippen molar-refractivity contribution < 1.29 is 32.2 Å². The molecule has 0 aliphatic carbocycles. The quantitative estimate of drug-likeness (QED) is 0.631. The van der Waals surface area contributed by atoms with Gasteiger partial charge in [0.2, 0.25) is 5.75 Å². The normalized spacial score (nSPS) is 12.0. The van der Waals surface area contributed by atoms with E-state index in [-0.39, 0.29) is 39.7 Å². The third-order valence-electron chi connectivity index (χ3n) is 4.46. The summed E-state index contributed by atoms with van der Waals surface area (Å²) < 4.78 is 58.0. The van der Waals surface area contributed by atoms with Crippen LogP contribution in [0.25, 0.3) is 16.9 Å². The van der Waals surface area contributed by atoms with Crippen LogP contribution in [0.15, 0.2) is 24.4 Å². The highest BCUT2D eigenvalue weighted by atomic mass is 19.4. The first-order valence-electron chi connectivity index (χ1n) is 9.48. The second kappa shape index (κ2) is 8.21. The number of fused-ring (bicyclic) bond motifs is 1. The van der Waals surface area contributed by atoms with E-state index >= 15 is 0 Å². The lowest BCUT2D eigenvalue weighted by atomic mass is 10.1. The zero-order valence-corrected chi connectivity index (χ0v) is 18.4. The summed E-state index contributed by atoms with van der Waals surface area (Å²) in [5.41, 5.74) is -1.77. The SMILES string of the molecule is COc1cc(-c2cc(C(F)(F)F)n3ncc(C(=O)NC(C)(C)C)c3n2)cc(OC)c1OC. The number of hydrogen-bond acceptors (Lipinski definition) is 6. The minimum Gasteiger partial charge on any atom is -0.493 e. The van der Waals surface area contributed by atoms with Crippen LogP contribution in [0.4, 0.5) is 13.2 Å². The lowest BCUT2D eigenvalue weighted by Crippen LogP contribution is -2.40. The largest absolute Gasteiger partial charge is 0.493 e. The molecule has 0 atom stereocenters. The van der Waals surface area contributed by atoms with Crippen molar-refractivity contribution >= 4 is 11.6 Å². The van der Waals surface area contributed by atoms with Gasteiger partial charge in [-0.15, -0.1) is 0 Å². The fourth-order valence-electron chi connectivity index (χ4n) is 3.11. The number of ether oxygens (including phenoxy) is 3. The minimum absolute atomic E-state index is 0.0469. The first-order chi connectivity index (χ1) is 14.9. The van der Waals surface area contributed by atoms with E-state index in [4.69, 9.17) is 14.2 Å². The Morgan fingerprint density at radius 3 is 2.06 bits per heavy atom. The van der Waals surface area contributed by atoms with E-state index in [1.165, 1.54) is 33.5 Å². The van der Waals surface area contributed by atoms with Gasteiger partial charge in [0.15, 0.2) is 22.8 Å². The summed E-state index contributed by atoms with van der Waals surface area (Å²) >= 11 is 0. The fraction of sp³-hybridized carbons (Fsp3) is 0.381. The monoisotopic (exact) mass is 452 g/mol. The molecule has 11 heteroatoms. The number of methoxy groups -OCH3 is 3. The zero-order chi connectivity index (χ0) is 23.8. The minimum atomic E-state index is -4.75. The molecule has 1 aromatic carbocycles. The molecule has 0 unspecified atom stereocenters. The number of alkyl halides is 3. The third kappa shape index (κ3) is 4.41. The molecule has 0 radical (unpaired) electrons. The Hall–Kier alpha value is -3.50. The Morgan fingerprint density at radius 2 is 1.59 bits per heavy atom. The Kier molecular flexibility index (Phi) is 5.94. The molecular formula is C21H23F3N4O4. The predicted molar refractivity (Wildman–Crippen MR) is 110 cm³/mol. The van der Waals surface area contributed by atoms with Crippen LogP contribution in [0.2, 0.25) is 0 Å². The fourth-order valence-corrected chi connectivity index (χ4v) is 3.11. The number of halogens is 3. The molecule has 0 fully saturated rings. The molecule has 2 aromatic heterocycles. The van der Waals surface area contributed by atoms with Gasteiger partial charge in [-0.05, 0) is 39.0 Å². The zero-order valence-electron chi connectivity index (χ0n) is 18.4.